The SMILES string of the molecule is COC(=O)NC(CC(C)C)C(=O)N(C)CCc1ccccn1. The predicted molar refractivity (Wildman–Crippen MR) is 84.4 cm³/mol. The third kappa shape index (κ3) is 6.11. The summed E-state index contributed by atoms with van der Waals surface area (Å²) in [5.74, 6) is 0.172. The number of hydrogen-bond acceptors (Lipinski definition) is 4. The van der Waals surface area contributed by atoms with E-state index in [0.29, 0.717) is 19.4 Å². The largest absolute Gasteiger partial charge is 0.453 e. The molecular formula is C16H25N3O3. The maximum atomic E-state index is 12.5. The van der Waals surface area contributed by atoms with Crippen LogP contribution >= 0.6 is 0 Å². The Morgan fingerprint density at radius 2 is 2.09 bits per heavy atom. The van der Waals surface area contributed by atoms with Gasteiger partial charge >= 0.3 is 6.09 Å². The molecule has 0 aromatic carbocycles. The molecule has 0 spiro atoms. The molecule has 1 aromatic rings. The first-order valence-corrected chi connectivity index (χ1v) is 7.43. The Hall–Kier alpha value is -2.11. The Morgan fingerprint density at radius 1 is 1.36 bits per heavy atom. The molecule has 6 heteroatoms. The Bertz CT molecular complexity index is 477. The number of amides is 2. The monoisotopic (exact) mass is 307 g/mol. The fraction of sp³-hybridized carbons (Fsp3) is 0.562. The van der Waals surface area contributed by atoms with Crippen molar-refractivity contribution in [2.45, 2.75) is 32.7 Å². The van der Waals surface area contributed by atoms with Crippen molar-refractivity contribution in [1.29, 1.82) is 0 Å². The Kier molecular flexibility index (Phi) is 7.36. The molecule has 122 valence electrons. The number of likely N-dealkylation sites (N-methyl/N-ethyl adjacent to an activating group) is 1. The van der Waals surface area contributed by atoms with E-state index < -0.39 is 12.1 Å². The minimum Gasteiger partial charge on any atom is -0.453 e. The van der Waals surface area contributed by atoms with Gasteiger partial charge in [-0.25, -0.2) is 4.79 Å². The average Bonchev–Trinajstić information content (AvgIpc) is 2.51. The van der Waals surface area contributed by atoms with Gasteiger partial charge in [-0.2, -0.15) is 0 Å². The molecule has 1 rings (SSSR count). The molecular weight excluding hydrogens is 282 g/mol. The van der Waals surface area contributed by atoms with Crippen molar-refractivity contribution >= 4 is 12.0 Å². The quantitative estimate of drug-likeness (QED) is 0.834. The highest BCUT2D eigenvalue weighted by atomic mass is 16.5. The lowest BCUT2D eigenvalue weighted by Gasteiger charge is -2.25. The Labute approximate surface area is 131 Å². The smallest absolute Gasteiger partial charge is 0.407 e. The molecule has 0 radical (unpaired) electrons. The fourth-order valence-corrected chi connectivity index (χ4v) is 2.10. The first-order valence-electron chi connectivity index (χ1n) is 7.43. The van der Waals surface area contributed by atoms with Crippen LogP contribution in [0.3, 0.4) is 0 Å². The molecule has 0 bridgehead atoms. The third-order valence-corrected chi connectivity index (χ3v) is 3.29. The molecule has 0 aliphatic rings. The highest BCUT2D eigenvalue weighted by Crippen LogP contribution is 2.08. The van der Waals surface area contributed by atoms with E-state index in [1.54, 1.807) is 18.1 Å². The van der Waals surface area contributed by atoms with E-state index in [1.807, 2.05) is 32.0 Å². The van der Waals surface area contributed by atoms with Crippen LogP contribution in [-0.2, 0) is 16.0 Å². The molecule has 0 fully saturated rings. The maximum absolute atomic E-state index is 12.5. The second-order valence-electron chi connectivity index (χ2n) is 5.65. The van der Waals surface area contributed by atoms with Gasteiger partial charge in [-0.15, -0.1) is 0 Å². The van der Waals surface area contributed by atoms with E-state index in [-0.39, 0.29) is 11.8 Å². The van der Waals surface area contributed by atoms with Gasteiger partial charge in [0.2, 0.25) is 5.91 Å². The lowest BCUT2D eigenvalue weighted by molar-refractivity contribution is -0.132. The second kappa shape index (κ2) is 9.02. The van der Waals surface area contributed by atoms with Crippen LogP contribution in [0.15, 0.2) is 24.4 Å². The number of nitrogens with zero attached hydrogens (tertiary/aromatic N) is 2. The third-order valence-electron chi connectivity index (χ3n) is 3.29. The number of rotatable bonds is 7. The molecule has 1 N–H and O–H groups in total. The highest BCUT2D eigenvalue weighted by Gasteiger charge is 2.25. The van der Waals surface area contributed by atoms with Crippen molar-refractivity contribution in [1.82, 2.24) is 15.2 Å². The fourth-order valence-electron chi connectivity index (χ4n) is 2.10. The summed E-state index contributed by atoms with van der Waals surface area (Å²) in [6, 6.07) is 5.14. The van der Waals surface area contributed by atoms with E-state index in [9.17, 15) is 9.59 Å². The normalized spacial score (nSPS) is 11.9. The number of alkyl carbamates (subject to hydrolysis) is 1. The van der Waals surface area contributed by atoms with Crippen molar-refractivity contribution in [3.63, 3.8) is 0 Å². The van der Waals surface area contributed by atoms with Gasteiger partial charge in [0.25, 0.3) is 0 Å². The molecule has 1 atom stereocenters. The van der Waals surface area contributed by atoms with Crippen LogP contribution in [0.5, 0.6) is 0 Å². The summed E-state index contributed by atoms with van der Waals surface area (Å²) < 4.78 is 4.59. The molecule has 1 unspecified atom stereocenters. The van der Waals surface area contributed by atoms with Crippen molar-refractivity contribution in [3.05, 3.63) is 30.1 Å². The number of nitrogens with one attached hydrogen (secondary N) is 1. The number of carbonyl (C=O) groups excluding carboxylic acids is 2. The Morgan fingerprint density at radius 3 is 2.64 bits per heavy atom. The van der Waals surface area contributed by atoms with Crippen LogP contribution in [0, 0.1) is 5.92 Å². The summed E-state index contributed by atoms with van der Waals surface area (Å²) in [7, 11) is 3.02. The van der Waals surface area contributed by atoms with Gasteiger partial charge in [0, 0.05) is 31.9 Å². The summed E-state index contributed by atoms with van der Waals surface area (Å²) in [5, 5.41) is 2.61. The lowest BCUT2D eigenvalue weighted by atomic mass is 10.0. The van der Waals surface area contributed by atoms with E-state index in [0.717, 1.165) is 5.69 Å². The number of hydrogen-bond donors (Lipinski definition) is 1. The van der Waals surface area contributed by atoms with Gasteiger partial charge in [-0.1, -0.05) is 19.9 Å². The molecule has 0 saturated carbocycles. The number of methoxy groups -OCH3 is 1. The molecule has 22 heavy (non-hydrogen) atoms. The van der Waals surface area contributed by atoms with Gasteiger partial charge in [0.15, 0.2) is 0 Å². The highest BCUT2D eigenvalue weighted by molar-refractivity contribution is 5.85. The summed E-state index contributed by atoms with van der Waals surface area (Å²) in [5.41, 5.74) is 0.934. The zero-order valence-electron chi connectivity index (χ0n) is 13.7. The van der Waals surface area contributed by atoms with Crippen molar-refractivity contribution in [2.75, 3.05) is 20.7 Å². The van der Waals surface area contributed by atoms with Gasteiger partial charge < -0.3 is 15.0 Å². The van der Waals surface area contributed by atoms with Crippen LogP contribution < -0.4 is 5.32 Å². The zero-order chi connectivity index (χ0) is 16.5. The standard InChI is InChI=1S/C16H25N3O3/c1-12(2)11-14(18-16(21)22-4)15(20)19(3)10-8-13-7-5-6-9-17-13/h5-7,9,12,14H,8,10-11H2,1-4H3,(H,18,21). The minimum absolute atomic E-state index is 0.116. The summed E-state index contributed by atoms with van der Waals surface area (Å²) in [6.45, 7) is 4.56. The van der Waals surface area contributed by atoms with E-state index in [2.05, 4.69) is 15.0 Å². The molecule has 6 nitrogen and oxygen atoms in total. The molecule has 1 aromatic heterocycles. The van der Waals surface area contributed by atoms with Crippen molar-refractivity contribution < 1.29 is 14.3 Å². The number of pyridine rings is 1. The summed E-state index contributed by atoms with van der Waals surface area (Å²) in [4.78, 5) is 29.7. The van der Waals surface area contributed by atoms with E-state index in [4.69, 9.17) is 0 Å². The van der Waals surface area contributed by atoms with Gasteiger partial charge in [-0.3, -0.25) is 9.78 Å². The molecule has 0 aliphatic heterocycles. The maximum Gasteiger partial charge on any atom is 0.407 e. The first kappa shape index (κ1) is 17.9. The van der Waals surface area contributed by atoms with Crippen LogP contribution in [-0.4, -0.2) is 48.6 Å². The Balaban J connectivity index is 2.60. The van der Waals surface area contributed by atoms with Crippen LogP contribution in [0.2, 0.25) is 0 Å². The summed E-state index contributed by atoms with van der Waals surface area (Å²) >= 11 is 0. The number of ether oxygens (including phenoxy) is 1. The number of aromatic nitrogens is 1. The lowest BCUT2D eigenvalue weighted by Crippen LogP contribution is -2.48. The average molecular weight is 307 g/mol. The van der Waals surface area contributed by atoms with E-state index >= 15 is 0 Å². The van der Waals surface area contributed by atoms with E-state index in [1.165, 1.54) is 7.11 Å². The first-order chi connectivity index (χ1) is 10.4. The van der Waals surface area contributed by atoms with Gasteiger partial charge in [-0.05, 0) is 24.5 Å². The minimum atomic E-state index is -0.586. The second-order valence-corrected chi connectivity index (χ2v) is 5.65. The van der Waals surface area contributed by atoms with Crippen molar-refractivity contribution in [2.24, 2.45) is 5.92 Å². The number of carbonyl (C=O) groups is 2. The van der Waals surface area contributed by atoms with Gasteiger partial charge in [0.1, 0.15) is 6.04 Å². The molecule has 0 saturated heterocycles. The van der Waals surface area contributed by atoms with Gasteiger partial charge in [0.05, 0.1) is 7.11 Å². The van der Waals surface area contributed by atoms with Crippen LogP contribution in [0.25, 0.3) is 0 Å². The van der Waals surface area contributed by atoms with Crippen LogP contribution in [0.1, 0.15) is 26.0 Å². The predicted octanol–water partition coefficient (Wildman–Crippen LogP) is 1.85. The van der Waals surface area contributed by atoms with Crippen molar-refractivity contribution in [3.8, 4) is 0 Å². The summed E-state index contributed by atoms with van der Waals surface area (Å²) in [6.07, 6.45) is 2.40. The topological polar surface area (TPSA) is 71.5 Å². The zero-order valence-corrected chi connectivity index (χ0v) is 13.7. The molecule has 1 heterocycles. The molecule has 2 amide bonds. The van der Waals surface area contributed by atoms with Crippen LogP contribution in [0.4, 0.5) is 4.79 Å². The molecule has 0 aliphatic carbocycles.